The van der Waals surface area contributed by atoms with E-state index in [1.807, 2.05) is 49.4 Å². The lowest BCUT2D eigenvalue weighted by molar-refractivity contribution is -0.134. The lowest BCUT2D eigenvalue weighted by Gasteiger charge is -2.09. The molecule has 1 aromatic carbocycles. The summed E-state index contributed by atoms with van der Waals surface area (Å²) in [6.07, 6.45) is 1.85. The summed E-state index contributed by atoms with van der Waals surface area (Å²) in [4.78, 5) is 22.6. The topological polar surface area (TPSA) is 57.5 Å². The SMILES string of the molecule is CCOC(=O)OC(=O)/C=C/c1ccc(C)n1Cc1ccccc1. The van der Waals surface area contributed by atoms with Crippen molar-refractivity contribution in [2.45, 2.75) is 20.4 Å². The van der Waals surface area contributed by atoms with Crippen LogP contribution in [0, 0.1) is 6.92 Å². The number of hydrogen-bond acceptors (Lipinski definition) is 4. The first-order chi connectivity index (χ1) is 11.1. The van der Waals surface area contributed by atoms with Crippen molar-refractivity contribution < 1.29 is 19.1 Å². The zero-order valence-corrected chi connectivity index (χ0v) is 13.2. The van der Waals surface area contributed by atoms with Crippen LogP contribution in [0.4, 0.5) is 4.79 Å². The van der Waals surface area contributed by atoms with Gasteiger partial charge in [-0.3, -0.25) is 0 Å². The zero-order chi connectivity index (χ0) is 16.7. The van der Waals surface area contributed by atoms with Crippen molar-refractivity contribution in [3.8, 4) is 0 Å². The molecular formula is C18H19NO4. The van der Waals surface area contributed by atoms with Gasteiger partial charge < -0.3 is 14.0 Å². The number of benzene rings is 1. The van der Waals surface area contributed by atoms with E-state index in [2.05, 4.69) is 14.0 Å². The van der Waals surface area contributed by atoms with Gasteiger partial charge in [0.05, 0.1) is 6.61 Å². The Morgan fingerprint density at radius 2 is 1.87 bits per heavy atom. The molecule has 0 saturated heterocycles. The molecule has 0 aliphatic carbocycles. The molecule has 2 rings (SSSR count). The zero-order valence-electron chi connectivity index (χ0n) is 13.2. The number of aryl methyl sites for hydroxylation is 1. The summed E-state index contributed by atoms with van der Waals surface area (Å²) >= 11 is 0. The molecule has 0 bridgehead atoms. The number of rotatable bonds is 5. The monoisotopic (exact) mass is 313 g/mol. The molecule has 0 fully saturated rings. The predicted molar refractivity (Wildman–Crippen MR) is 86.9 cm³/mol. The minimum Gasteiger partial charge on any atom is -0.434 e. The van der Waals surface area contributed by atoms with Crippen molar-refractivity contribution in [2.75, 3.05) is 6.61 Å². The van der Waals surface area contributed by atoms with E-state index in [1.165, 1.54) is 6.08 Å². The van der Waals surface area contributed by atoms with Crippen LogP contribution in [0.15, 0.2) is 48.5 Å². The first-order valence-electron chi connectivity index (χ1n) is 7.37. The van der Waals surface area contributed by atoms with Crippen LogP contribution in [0.5, 0.6) is 0 Å². The highest BCUT2D eigenvalue weighted by atomic mass is 16.7. The van der Waals surface area contributed by atoms with Gasteiger partial charge in [0.1, 0.15) is 0 Å². The summed E-state index contributed by atoms with van der Waals surface area (Å²) in [7, 11) is 0. The highest BCUT2D eigenvalue weighted by Gasteiger charge is 2.09. The third kappa shape index (κ3) is 4.85. The lowest BCUT2D eigenvalue weighted by Crippen LogP contribution is -2.11. The van der Waals surface area contributed by atoms with Gasteiger partial charge in [0.2, 0.25) is 0 Å². The smallest absolute Gasteiger partial charge is 0.434 e. The van der Waals surface area contributed by atoms with E-state index in [0.29, 0.717) is 6.54 Å². The van der Waals surface area contributed by atoms with E-state index in [1.54, 1.807) is 13.0 Å². The molecule has 0 aliphatic rings. The summed E-state index contributed by atoms with van der Waals surface area (Å²) in [6.45, 7) is 4.50. The summed E-state index contributed by atoms with van der Waals surface area (Å²) < 4.78 is 11.1. The molecule has 0 unspecified atom stereocenters. The molecule has 5 nitrogen and oxygen atoms in total. The summed E-state index contributed by atoms with van der Waals surface area (Å²) in [5.41, 5.74) is 3.09. The molecule has 23 heavy (non-hydrogen) atoms. The van der Waals surface area contributed by atoms with Gasteiger partial charge in [0.25, 0.3) is 0 Å². The van der Waals surface area contributed by atoms with E-state index in [-0.39, 0.29) is 6.61 Å². The molecule has 0 radical (unpaired) electrons. The number of carbonyl (C=O) groups excluding carboxylic acids is 2. The van der Waals surface area contributed by atoms with Crippen LogP contribution in [0.3, 0.4) is 0 Å². The number of carbonyl (C=O) groups is 2. The number of esters is 1. The van der Waals surface area contributed by atoms with Gasteiger partial charge in [-0.05, 0) is 37.6 Å². The minimum absolute atomic E-state index is 0.162. The van der Waals surface area contributed by atoms with Crippen LogP contribution in [-0.2, 0) is 20.8 Å². The van der Waals surface area contributed by atoms with Crippen LogP contribution in [0.25, 0.3) is 6.08 Å². The van der Waals surface area contributed by atoms with Crippen molar-refractivity contribution >= 4 is 18.2 Å². The highest BCUT2D eigenvalue weighted by Crippen LogP contribution is 2.13. The molecule has 0 atom stereocenters. The average Bonchev–Trinajstić information content (AvgIpc) is 2.87. The Balaban J connectivity index is 2.07. The Bertz CT molecular complexity index is 701. The van der Waals surface area contributed by atoms with E-state index in [4.69, 9.17) is 0 Å². The van der Waals surface area contributed by atoms with Crippen molar-refractivity contribution in [2.24, 2.45) is 0 Å². The Hall–Kier alpha value is -2.82. The molecule has 5 heteroatoms. The Labute approximate surface area is 135 Å². The van der Waals surface area contributed by atoms with Gasteiger partial charge in [-0.1, -0.05) is 30.3 Å². The van der Waals surface area contributed by atoms with Gasteiger partial charge in [0, 0.05) is 24.0 Å². The van der Waals surface area contributed by atoms with E-state index in [0.717, 1.165) is 17.0 Å². The Kier molecular flexibility index (Phi) is 5.74. The minimum atomic E-state index is -0.988. The van der Waals surface area contributed by atoms with Gasteiger partial charge in [-0.2, -0.15) is 0 Å². The standard InChI is InChI=1S/C18H19NO4/c1-3-22-18(21)23-17(20)12-11-16-10-9-14(2)19(16)13-15-7-5-4-6-8-15/h4-12H,3,13H2,1-2H3/b12-11+. The van der Waals surface area contributed by atoms with Gasteiger partial charge >= 0.3 is 12.1 Å². The molecule has 1 heterocycles. The van der Waals surface area contributed by atoms with Crippen molar-refractivity contribution in [3.05, 3.63) is 65.5 Å². The van der Waals surface area contributed by atoms with E-state index >= 15 is 0 Å². The fourth-order valence-electron chi connectivity index (χ4n) is 2.13. The number of hydrogen-bond donors (Lipinski definition) is 0. The van der Waals surface area contributed by atoms with Crippen LogP contribution < -0.4 is 0 Å². The first-order valence-corrected chi connectivity index (χ1v) is 7.37. The van der Waals surface area contributed by atoms with Gasteiger partial charge in [-0.25, -0.2) is 9.59 Å². The third-order valence-electron chi connectivity index (χ3n) is 3.25. The summed E-state index contributed by atoms with van der Waals surface area (Å²) in [5.74, 6) is -0.756. The fourth-order valence-corrected chi connectivity index (χ4v) is 2.13. The Morgan fingerprint density at radius 3 is 2.57 bits per heavy atom. The van der Waals surface area contributed by atoms with Crippen molar-refractivity contribution in [3.63, 3.8) is 0 Å². The number of ether oxygens (including phenoxy) is 2. The van der Waals surface area contributed by atoms with Crippen LogP contribution in [0.2, 0.25) is 0 Å². The molecule has 1 aromatic heterocycles. The largest absolute Gasteiger partial charge is 0.516 e. The van der Waals surface area contributed by atoms with Gasteiger partial charge in [-0.15, -0.1) is 0 Å². The molecule has 0 spiro atoms. The highest BCUT2D eigenvalue weighted by molar-refractivity contribution is 5.92. The Morgan fingerprint density at radius 1 is 1.13 bits per heavy atom. The normalized spacial score (nSPS) is 10.7. The fraction of sp³-hybridized carbons (Fsp3) is 0.222. The molecule has 0 N–H and O–H groups in total. The van der Waals surface area contributed by atoms with Crippen LogP contribution >= 0.6 is 0 Å². The van der Waals surface area contributed by atoms with Crippen LogP contribution in [-0.4, -0.2) is 23.3 Å². The molecule has 0 saturated carbocycles. The van der Waals surface area contributed by atoms with E-state index in [9.17, 15) is 9.59 Å². The second-order valence-corrected chi connectivity index (χ2v) is 4.91. The van der Waals surface area contributed by atoms with E-state index < -0.39 is 12.1 Å². The maximum Gasteiger partial charge on any atom is 0.516 e. The van der Waals surface area contributed by atoms with Crippen molar-refractivity contribution in [1.82, 2.24) is 4.57 Å². The maximum atomic E-state index is 11.6. The molecule has 120 valence electrons. The molecular weight excluding hydrogens is 294 g/mol. The van der Waals surface area contributed by atoms with Crippen molar-refractivity contribution in [1.29, 1.82) is 0 Å². The van der Waals surface area contributed by atoms with Crippen LogP contribution in [0.1, 0.15) is 23.9 Å². The lowest BCUT2D eigenvalue weighted by atomic mass is 10.2. The first kappa shape index (κ1) is 16.5. The maximum absolute atomic E-state index is 11.6. The third-order valence-corrected chi connectivity index (χ3v) is 3.25. The molecule has 0 aliphatic heterocycles. The predicted octanol–water partition coefficient (Wildman–Crippen LogP) is 3.56. The summed E-state index contributed by atoms with van der Waals surface area (Å²) in [6, 6.07) is 13.9. The molecule has 0 amide bonds. The molecule has 2 aromatic rings. The second-order valence-electron chi connectivity index (χ2n) is 4.91. The van der Waals surface area contributed by atoms with Gasteiger partial charge in [0.15, 0.2) is 0 Å². The quantitative estimate of drug-likeness (QED) is 0.481. The second kappa shape index (κ2) is 7.98. The summed E-state index contributed by atoms with van der Waals surface area (Å²) in [5, 5.41) is 0. The number of aromatic nitrogens is 1. The number of nitrogens with zero attached hydrogens (tertiary/aromatic N) is 1. The average molecular weight is 313 g/mol.